The first kappa shape index (κ1) is 30.5. The second kappa shape index (κ2) is 13.3. The monoisotopic (exact) mass is 589 g/mol. The molecule has 1 atom stereocenters. The van der Waals surface area contributed by atoms with Gasteiger partial charge in [-0.05, 0) is 55.2 Å². The van der Waals surface area contributed by atoms with Crippen LogP contribution in [0.4, 0.5) is 5.69 Å². The molecule has 3 rings (SSSR count). The summed E-state index contributed by atoms with van der Waals surface area (Å²) in [5, 5.41) is 3.60. The Morgan fingerprint density at radius 1 is 0.949 bits per heavy atom. The van der Waals surface area contributed by atoms with Crippen LogP contribution in [0.5, 0.6) is 0 Å². The minimum Gasteiger partial charge on any atom is -0.355 e. The summed E-state index contributed by atoms with van der Waals surface area (Å²) in [6.45, 7) is 5.25. The molecular formula is C29H33Cl2N3O4S. The van der Waals surface area contributed by atoms with Gasteiger partial charge in [0.2, 0.25) is 21.8 Å². The van der Waals surface area contributed by atoms with Crippen LogP contribution in [0.1, 0.15) is 29.2 Å². The van der Waals surface area contributed by atoms with E-state index >= 15 is 0 Å². The summed E-state index contributed by atoms with van der Waals surface area (Å²) in [7, 11) is -3.85. The van der Waals surface area contributed by atoms with E-state index < -0.39 is 28.5 Å². The first-order valence-electron chi connectivity index (χ1n) is 12.5. The second-order valence-electron chi connectivity index (χ2n) is 9.37. The van der Waals surface area contributed by atoms with Crippen molar-refractivity contribution in [3.63, 3.8) is 0 Å². The van der Waals surface area contributed by atoms with E-state index in [1.807, 2.05) is 36.4 Å². The largest absolute Gasteiger partial charge is 0.355 e. The van der Waals surface area contributed by atoms with E-state index in [1.54, 1.807) is 51.1 Å². The zero-order valence-corrected chi connectivity index (χ0v) is 24.8. The molecule has 208 valence electrons. The lowest BCUT2D eigenvalue weighted by Gasteiger charge is -2.34. The lowest BCUT2D eigenvalue weighted by atomic mass is 10.0. The molecule has 1 N–H and O–H groups in total. The van der Waals surface area contributed by atoms with E-state index in [0.717, 1.165) is 16.1 Å². The van der Waals surface area contributed by atoms with Gasteiger partial charge in [0.15, 0.2) is 0 Å². The Balaban J connectivity index is 2.10. The highest BCUT2D eigenvalue weighted by Crippen LogP contribution is 2.28. The Labute approximate surface area is 240 Å². The van der Waals surface area contributed by atoms with Crippen LogP contribution in [-0.2, 0) is 32.6 Å². The van der Waals surface area contributed by atoms with Gasteiger partial charge >= 0.3 is 0 Å². The number of hydrogen-bond acceptors (Lipinski definition) is 4. The molecule has 3 aromatic carbocycles. The summed E-state index contributed by atoms with van der Waals surface area (Å²) >= 11 is 12.6. The summed E-state index contributed by atoms with van der Waals surface area (Å²) in [4.78, 5) is 28.9. The van der Waals surface area contributed by atoms with Gasteiger partial charge in [-0.3, -0.25) is 13.9 Å². The molecule has 39 heavy (non-hydrogen) atoms. The molecule has 2 amide bonds. The summed E-state index contributed by atoms with van der Waals surface area (Å²) in [6.07, 6.45) is 1.30. The van der Waals surface area contributed by atoms with Crippen molar-refractivity contribution in [2.75, 3.05) is 23.7 Å². The topological polar surface area (TPSA) is 86.8 Å². The van der Waals surface area contributed by atoms with Crippen molar-refractivity contribution in [3.8, 4) is 0 Å². The number of hydrogen-bond donors (Lipinski definition) is 1. The van der Waals surface area contributed by atoms with E-state index in [2.05, 4.69) is 5.32 Å². The number of sulfonamides is 1. The fraction of sp³-hybridized carbons (Fsp3) is 0.310. The number of carbonyl (C=O) groups excluding carboxylic acids is 2. The average Bonchev–Trinajstić information content (AvgIpc) is 2.86. The third kappa shape index (κ3) is 7.97. The van der Waals surface area contributed by atoms with Crippen LogP contribution in [0.2, 0.25) is 10.0 Å². The fourth-order valence-electron chi connectivity index (χ4n) is 4.45. The molecule has 0 saturated heterocycles. The third-order valence-electron chi connectivity index (χ3n) is 6.35. The van der Waals surface area contributed by atoms with Crippen LogP contribution < -0.4 is 9.62 Å². The maximum absolute atomic E-state index is 14.1. The molecule has 0 heterocycles. The Kier molecular flexibility index (Phi) is 10.4. The van der Waals surface area contributed by atoms with Crippen LogP contribution in [0.15, 0.2) is 66.7 Å². The second-order valence-corrected chi connectivity index (χ2v) is 12.1. The SMILES string of the molecule is CCNC(=O)[C@H](Cc1ccccc1)N(Cc1ccc(Cl)cc1Cl)C(=O)CN(c1c(C)cccc1C)S(C)(=O)=O. The van der Waals surface area contributed by atoms with Crippen molar-refractivity contribution in [2.45, 2.75) is 39.8 Å². The van der Waals surface area contributed by atoms with Gasteiger partial charge < -0.3 is 10.2 Å². The van der Waals surface area contributed by atoms with Gasteiger partial charge in [-0.15, -0.1) is 0 Å². The highest BCUT2D eigenvalue weighted by Gasteiger charge is 2.33. The Bertz CT molecular complexity index is 1410. The van der Waals surface area contributed by atoms with Gasteiger partial charge in [-0.25, -0.2) is 8.42 Å². The van der Waals surface area contributed by atoms with Gasteiger partial charge in [0, 0.05) is 29.6 Å². The van der Waals surface area contributed by atoms with Crippen LogP contribution in [-0.4, -0.2) is 50.5 Å². The van der Waals surface area contributed by atoms with Gasteiger partial charge in [0.1, 0.15) is 12.6 Å². The quantitative estimate of drug-likeness (QED) is 0.335. The zero-order chi connectivity index (χ0) is 28.7. The predicted octanol–water partition coefficient (Wildman–Crippen LogP) is 5.15. The fourth-order valence-corrected chi connectivity index (χ4v) is 5.89. The maximum atomic E-state index is 14.1. The molecule has 0 aliphatic carbocycles. The number of carbonyl (C=O) groups is 2. The first-order valence-corrected chi connectivity index (χ1v) is 15.1. The number of amides is 2. The smallest absolute Gasteiger partial charge is 0.244 e. The predicted molar refractivity (Wildman–Crippen MR) is 158 cm³/mol. The Hall–Kier alpha value is -3.07. The number of aryl methyl sites for hydroxylation is 2. The van der Waals surface area contributed by atoms with Crippen molar-refractivity contribution in [2.24, 2.45) is 0 Å². The number of anilines is 1. The summed E-state index contributed by atoms with van der Waals surface area (Å²) < 4.78 is 27.1. The van der Waals surface area contributed by atoms with E-state index in [-0.39, 0.29) is 18.9 Å². The molecule has 0 unspecified atom stereocenters. The number of rotatable bonds is 11. The number of benzene rings is 3. The molecule has 3 aromatic rings. The van der Waals surface area contributed by atoms with Gasteiger partial charge in [0.05, 0.1) is 11.9 Å². The molecule has 0 fully saturated rings. The summed E-state index contributed by atoms with van der Waals surface area (Å²) in [5.74, 6) is -0.890. The lowest BCUT2D eigenvalue weighted by molar-refractivity contribution is -0.140. The highest BCUT2D eigenvalue weighted by atomic mass is 35.5. The number of para-hydroxylation sites is 1. The lowest BCUT2D eigenvalue weighted by Crippen LogP contribution is -2.53. The summed E-state index contributed by atoms with van der Waals surface area (Å²) in [5.41, 5.74) is 3.30. The number of nitrogens with one attached hydrogen (secondary N) is 1. The molecule has 0 bridgehead atoms. The van der Waals surface area contributed by atoms with Crippen molar-refractivity contribution < 1.29 is 18.0 Å². The van der Waals surface area contributed by atoms with Crippen molar-refractivity contribution >= 4 is 50.7 Å². The highest BCUT2D eigenvalue weighted by molar-refractivity contribution is 7.92. The Morgan fingerprint density at radius 3 is 2.15 bits per heavy atom. The van der Waals surface area contributed by atoms with Gasteiger partial charge in [-0.2, -0.15) is 0 Å². The molecular weight excluding hydrogens is 557 g/mol. The Morgan fingerprint density at radius 2 is 1.59 bits per heavy atom. The number of halogens is 2. The van der Waals surface area contributed by atoms with Crippen molar-refractivity contribution in [1.82, 2.24) is 10.2 Å². The first-order chi connectivity index (χ1) is 18.4. The van der Waals surface area contributed by atoms with E-state index in [9.17, 15) is 18.0 Å². The van der Waals surface area contributed by atoms with Crippen LogP contribution in [0.25, 0.3) is 0 Å². The van der Waals surface area contributed by atoms with Crippen LogP contribution in [0.3, 0.4) is 0 Å². The minimum absolute atomic E-state index is 0.0200. The average molecular weight is 591 g/mol. The van der Waals surface area contributed by atoms with Gasteiger partial charge in [-0.1, -0.05) is 77.8 Å². The molecule has 0 aromatic heterocycles. The van der Waals surface area contributed by atoms with Crippen LogP contribution in [0, 0.1) is 13.8 Å². The zero-order valence-electron chi connectivity index (χ0n) is 22.4. The molecule has 7 nitrogen and oxygen atoms in total. The third-order valence-corrected chi connectivity index (χ3v) is 8.05. The number of nitrogens with zero attached hydrogens (tertiary/aromatic N) is 2. The standard InChI is InChI=1S/C29H33Cl2N3O4S/c1-5-32-29(36)26(16-22-12-7-6-8-13-22)33(18-23-14-15-24(30)17-25(23)31)27(35)19-34(39(4,37)38)28-20(2)10-9-11-21(28)3/h6-15,17,26H,5,16,18-19H2,1-4H3,(H,32,36)/t26-/m0/s1. The maximum Gasteiger partial charge on any atom is 0.244 e. The molecule has 0 radical (unpaired) electrons. The van der Waals surface area contributed by atoms with Gasteiger partial charge in [0.25, 0.3) is 0 Å². The molecule has 0 saturated carbocycles. The molecule has 0 aliphatic heterocycles. The molecule has 0 spiro atoms. The van der Waals surface area contributed by atoms with Crippen molar-refractivity contribution in [3.05, 3.63) is 99.0 Å². The van der Waals surface area contributed by atoms with Crippen LogP contribution >= 0.6 is 23.2 Å². The van der Waals surface area contributed by atoms with Crippen molar-refractivity contribution in [1.29, 1.82) is 0 Å². The minimum atomic E-state index is -3.85. The van der Waals surface area contributed by atoms with E-state index in [1.165, 1.54) is 4.90 Å². The van der Waals surface area contributed by atoms with E-state index in [0.29, 0.717) is 39.0 Å². The van der Waals surface area contributed by atoms with E-state index in [4.69, 9.17) is 23.2 Å². The molecule has 0 aliphatic rings. The summed E-state index contributed by atoms with van der Waals surface area (Å²) in [6, 6.07) is 18.8. The number of likely N-dealkylation sites (N-methyl/N-ethyl adjacent to an activating group) is 1. The molecule has 10 heteroatoms. The normalized spacial score (nSPS) is 12.1.